The quantitative estimate of drug-likeness (QED) is 0.202. The third-order valence-corrected chi connectivity index (χ3v) is 7.88. The van der Waals surface area contributed by atoms with E-state index >= 15 is 0 Å². The molecule has 6 aromatic carbocycles. The van der Waals surface area contributed by atoms with Crippen molar-refractivity contribution in [2.75, 3.05) is 0 Å². The van der Waals surface area contributed by atoms with Crippen LogP contribution in [0.5, 0.6) is 0 Å². The average molecular weight is 564 g/mol. The van der Waals surface area contributed by atoms with Crippen molar-refractivity contribution in [1.82, 2.24) is 15.0 Å². The van der Waals surface area contributed by atoms with Crippen LogP contribution in [0.2, 0.25) is 0 Å². The molecule has 0 saturated heterocycles. The van der Waals surface area contributed by atoms with E-state index in [9.17, 15) is 0 Å². The Hall–Kier alpha value is -6.07. The maximum Gasteiger partial charge on any atom is 0.164 e. The standard InChI is InChI=1S/C39H25N5/c1-3-7-30(8-4-1)37-41-38(31-9-5-2-6-10-31)43-39(42-37)32-19-13-27(14-20-32)34-22-16-28-15-21-33(23-35(28)24-34)26-11-17-29(18-12-26)36-25-40-44-36/h1-25H. The van der Waals surface area contributed by atoms with Crippen LogP contribution in [0.3, 0.4) is 0 Å². The van der Waals surface area contributed by atoms with Crippen molar-refractivity contribution >= 4 is 16.5 Å². The van der Waals surface area contributed by atoms with Crippen LogP contribution in [0.15, 0.2) is 162 Å². The van der Waals surface area contributed by atoms with Gasteiger partial charge in [-0.1, -0.05) is 133 Å². The van der Waals surface area contributed by atoms with Crippen molar-refractivity contribution in [2.45, 2.75) is 0 Å². The summed E-state index contributed by atoms with van der Waals surface area (Å²) in [4.78, 5) is 14.5. The Kier molecular flexibility index (Phi) is 6.39. The molecule has 44 heavy (non-hydrogen) atoms. The van der Waals surface area contributed by atoms with E-state index < -0.39 is 0 Å². The summed E-state index contributed by atoms with van der Waals surface area (Å²) >= 11 is 0. The molecule has 0 bridgehead atoms. The molecule has 5 nitrogen and oxygen atoms in total. The molecule has 0 fully saturated rings. The first-order valence-electron chi connectivity index (χ1n) is 14.5. The second-order valence-electron chi connectivity index (χ2n) is 10.7. The minimum atomic E-state index is 0.648. The summed E-state index contributed by atoms with van der Waals surface area (Å²) in [6, 6.07) is 50.3. The van der Waals surface area contributed by atoms with Crippen LogP contribution in [0.4, 0.5) is 0 Å². The highest BCUT2D eigenvalue weighted by atomic mass is 15.2. The first-order chi connectivity index (χ1) is 21.8. The zero-order valence-corrected chi connectivity index (χ0v) is 23.7. The van der Waals surface area contributed by atoms with Crippen molar-refractivity contribution in [1.29, 1.82) is 0 Å². The number of hydrogen-bond acceptors (Lipinski definition) is 5. The Morgan fingerprint density at radius 2 is 0.705 bits per heavy atom. The van der Waals surface area contributed by atoms with E-state index in [0.29, 0.717) is 17.5 Å². The average Bonchev–Trinajstić information content (AvgIpc) is 3.08. The van der Waals surface area contributed by atoms with Crippen LogP contribution >= 0.6 is 0 Å². The Balaban J connectivity index is 1.12. The molecule has 1 aliphatic heterocycles. The number of benzene rings is 6. The first-order valence-corrected chi connectivity index (χ1v) is 14.5. The fraction of sp³-hybridized carbons (Fsp3) is 0. The molecule has 1 aliphatic rings. The van der Waals surface area contributed by atoms with E-state index in [1.807, 2.05) is 60.7 Å². The smallest absolute Gasteiger partial charge is 0.164 e. The van der Waals surface area contributed by atoms with E-state index in [-0.39, 0.29) is 0 Å². The lowest BCUT2D eigenvalue weighted by Gasteiger charge is -2.10. The first kappa shape index (κ1) is 25.6. The summed E-state index contributed by atoms with van der Waals surface area (Å²) in [6.07, 6.45) is 1.78. The second kappa shape index (κ2) is 11.0. The van der Waals surface area contributed by atoms with Gasteiger partial charge in [-0.3, -0.25) is 0 Å². The number of nitrogens with zero attached hydrogens (tertiary/aromatic N) is 5. The van der Waals surface area contributed by atoms with Gasteiger partial charge >= 0.3 is 0 Å². The van der Waals surface area contributed by atoms with Crippen LogP contribution in [0, 0.1) is 0 Å². The van der Waals surface area contributed by atoms with E-state index in [1.54, 1.807) is 6.20 Å². The summed E-state index contributed by atoms with van der Waals surface area (Å²) in [6.45, 7) is 0. The van der Waals surface area contributed by atoms with Crippen LogP contribution in [0.1, 0.15) is 5.56 Å². The van der Waals surface area contributed by atoms with Gasteiger partial charge in [-0.25, -0.2) is 15.0 Å². The van der Waals surface area contributed by atoms with E-state index in [1.165, 1.54) is 21.9 Å². The highest BCUT2D eigenvalue weighted by molar-refractivity contribution is 5.91. The van der Waals surface area contributed by atoms with Gasteiger partial charge in [0.15, 0.2) is 17.5 Å². The van der Waals surface area contributed by atoms with Crippen LogP contribution in [-0.4, -0.2) is 15.0 Å². The third kappa shape index (κ3) is 4.97. The monoisotopic (exact) mass is 563 g/mol. The molecule has 0 unspecified atom stereocenters. The molecule has 1 aromatic heterocycles. The predicted octanol–water partition coefficient (Wildman–Crippen LogP) is 10.1. The molecule has 7 aromatic rings. The molecule has 0 radical (unpaired) electrons. The fourth-order valence-corrected chi connectivity index (χ4v) is 5.44. The summed E-state index contributed by atoms with van der Waals surface area (Å²) < 4.78 is 0. The van der Waals surface area contributed by atoms with Gasteiger partial charge in [0, 0.05) is 22.3 Å². The van der Waals surface area contributed by atoms with E-state index in [2.05, 4.69) is 95.2 Å². The fourth-order valence-electron chi connectivity index (χ4n) is 5.44. The molecule has 0 spiro atoms. The lowest BCUT2D eigenvalue weighted by Crippen LogP contribution is -2.00. The van der Waals surface area contributed by atoms with E-state index in [4.69, 9.17) is 15.0 Å². The van der Waals surface area contributed by atoms with Crippen LogP contribution < -0.4 is 0 Å². The molecule has 8 rings (SSSR count). The highest BCUT2D eigenvalue weighted by Gasteiger charge is 2.13. The van der Waals surface area contributed by atoms with Gasteiger partial charge in [0.25, 0.3) is 0 Å². The SMILES string of the molecule is C1=C(c2ccc(-c3ccc4ccc(-c5ccc(-c6nc(-c7ccccc7)nc(-c7ccccc7)n6)cc5)cc4c3)cc2)N=N1. The largest absolute Gasteiger partial charge is 0.208 e. The van der Waals surface area contributed by atoms with Gasteiger partial charge in [0.2, 0.25) is 0 Å². The van der Waals surface area contributed by atoms with Gasteiger partial charge in [-0.15, -0.1) is 5.11 Å². The maximum absolute atomic E-state index is 4.87. The Labute approximate surface area is 255 Å². The molecule has 0 saturated carbocycles. The summed E-state index contributed by atoms with van der Waals surface area (Å²) in [7, 11) is 0. The lowest BCUT2D eigenvalue weighted by molar-refractivity contribution is 1.07. The molecule has 0 amide bonds. The summed E-state index contributed by atoms with van der Waals surface area (Å²) in [5, 5.41) is 10.3. The van der Waals surface area contributed by atoms with Gasteiger partial charge in [0.05, 0.1) is 6.20 Å². The van der Waals surface area contributed by atoms with Gasteiger partial charge in [-0.05, 0) is 45.2 Å². The number of fused-ring (bicyclic) bond motifs is 1. The van der Waals surface area contributed by atoms with Crippen LogP contribution in [0.25, 0.3) is 72.9 Å². The van der Waals surface area contributed by atoms with E-state index in [0.717, 1.165) is 39.1 Å². The molecule has 206 valence electrons. The molecular weight excluding hydrogens is 538 g/mol. The van der Waals surface area contributed by atoms with Gasteiger partial charge in [0.1, 0.15) is 5.70 Å². The topological polar surface area (TPSA) is 63.4 Å². The molecule has 0 aliphatic carbocycles. The van der Waals surface area contributed by atoms with Gasteiger partial charge < -0.3 is 0 Å². The van der Waals surface area contributed by atoms with Crippen LogP contribution in [-0.2, 0) is 0 Å². The molecule has 2 heterocycles. The molecular formula is C39H25N5. The van der Waals surface area contributed by atoms with Gasteiger partial charge in [-0.2, -0.15) is 5.11 Å². The zero-order valence-electron chi connectivity index (χ0n) is 23.7. The maximum atomic E-state index is 4.87. The number of aromatic nitrogens is 3. The number of azo groups is 1. The van der Waals surface area contributed by atoms with Crippen molar-refractivity contribution in [3.05, 3.63) is 157 Å². The molecule has 5 heteroatoms. The van der Waals surface area contributed by atoms with Crippen molar-refractivity contribution in [2.24, 2.45) is 10.2 Å². The minimum Gasteiger partial charge on any atom is -0.208 e. The normalized spacial score (nSPS) is 12.1. The summed E-state index contributed by atoms with van der Waals surface area (Å²) in [5.74, 6) is 1.96. The van der Waals surface area contributed by atoms with Crippen molar-refractivity contribution < 1.29 is 0 Å². The Morgan fingerprint density at radius 3 is 1.14 bits per heavy atom. The molecule has 0 atom stereocenters. The highest BCUT2D eigenvalue weighted by Crippen LogP contribution is 2.32. The summed E-state index contributed by atoms with van der Waals surface area (Å²) in [5.41, 5.74) is 9.50. The second-order valence-corrected chi connectivity index (χ2v) is 10.7. The third-order valence-electron chi connectivity index (χ3n) is 7.88. The lowest BCUT2D eigenvalue weighted by atomic mass is 9.96. The zero-order chi connectivity index (χ0) is 29.3. The Morgan fingerprint density at radius 1 is 0.318 bits per heavy atom. The predicted molar refractivity (Wildman–Crippen MR) is 177 cm³/mol. The Bertz CT molecular complexity index is 2130. The number of hydrogen-bond donors (Lipinski definition) is 0. The molecule has 0 N–H and O–H groups in total. The van der Waals surface area contributed by atoms with Crippen molar-refractivity contribution in [3.63, 3.8) is 0 Å². The van der Waals surface area contributed by atoms with Crippen molar-refractivity contribution in [3.8, 4) is 56.4 Å². The number of rotatable bonds is 6. The minimum absolute atomic E-state index is 0.648.